The molecule has 0 spiro atoms. The fourth-order valence-corrected chi connectivity index (χ4v) is 4.21. The van der Waals surface area contributed by atoms with Crippen LogP contribution in [0, 0.1) is 11.8 Å². The van der Waals surface area contributed by atoms with E-state index >= 15 is 0 Å². The number of rotatable bonds is 21. The molecule has 0 fully saturated rings. The van der Waals surface area contributed by atoms with Gasteiger partial charge in [0.1, 0.15) is 0 Å². The van der Waals surface area contributed by atoms with Crippen LogP contribution in [0.3, 0.4) is 0 Å². The molecule has 198 valence electrons. The Hall–Kier alpha value is -1.37. The second kappa shape index (κ2) is 22.8. The zero-order chi connectivity index (χ0) is 25.7. The Morgan fingerprint density at radius 2 is 1.64 bits per heavy atom. The molecule has 0 saturated heterocycles. The summed E-state index contributed by atoms with van der Waals surface area (Å²) in [4.78, 5) is 27.9. The van der Waals surface area contributed by atoms with Crippen molar-refractivity contribution in [1.82, 2.24) is 9.55 Å². The standard InChI is InChI=1S/C29H48N2O4.Na/c1-4-6-7-8-9-10-11-12-13-14-15-16-17-18-19-20-28(32)35-23-25(27(5-2)29(33)34)21-26-22-30-24-31(26)3;/h9-10,12-13,22,24-25,27H,4-8,11,14-21,23H2,1-3H3,(H,33,34);/q;+1/p-1/b10-9-,13-12-;/t25-,27-;/m0./s1. The number of nitrogens with zero attached hydrogens (tertiary/aromatic N) is 2. The van der Waals surface area contributed by atoms with Gasteiger partial charge in [0.25, 0.3) is 0 Å². The molecule has 0 bridgehead atoms. The van der Waals surface area contributed by atoms with E-state index in [1.807, 2.05) is 18.5 Å². The molecule has 0 aliphatic heterocycles. The Balaban J connectivity index is 0.0000122. The van der Waals surface area contributed by atoms with Crippen LogP contribution < -0.4 is 34.7 Å². The van der Waals surface area contributed by atoms with Crippen molar-refractivity contribution in [3.63, 3.8) is 0 Å². The van der Waals surface area contributed by atoms with Gasteiger partial charge in [0, 0.05) is 43.2 Å². The number of aromatic nitrogens is 2. The van der Waals surface area contributed by atoms with Crippen molar-refractivity contribution >= 4 is 11.9 Å². The molecule has 36 heavy (non-hydrogen) atoms. The van der Waals surface area contributed by atoms with Crippen molar-refractivity contribution in [2.45, 2.75) is 104 Å². The van der Waals surface area contributed by atoms with Crippen molar-refractivity contribution in [3.8, 4) is 0 Å². The zero-order valence-corrected chi connectivity index (χ0v) is 25.3. The molecule has 1 rings (SSSR count). The Bertz CT molecular complexity index is 760. The van der Waals surface area contributed by atoms with Gasteiger partial charge in [0.2, 0.25) is 0 Å². The van der Waals surface area contributed by atoms with Crippen LogP contribution in [0.2, 0.25) is 0 Å². The number of carbonyl (C=O) groups is 2. The number of unbranched alkanes of at least 4 members (excludes halogenated alkanes) is 8. The molecule has 1 aromatic heterocycles. The summed E-state index contributed by atoms with van der Waals surface area (Å²) in [6.07, 6.45) is 26.3. The molecule has 1 aromatic rings. The third kappa shape index (κ3) is 16.4. The Kier molecular flexibility index (Phi) is 21.9. The van der Waals surface area contributed by atoms with Crippen molar-refractivity contribution in [2.24, 2.45) is 18.9 Å². The van der Waals surface area contributed by atoms with Crippen LogP contribution in [0.1, 0.15) is 103 Å². The van der Waals surface area contributed by atoms with E-state index in [2.05, 4.69) is 36.2 Å². The van der Waals surface area contributed by atoms with Gasteiger partial charge in [-0.05, 0) is 51.4 Å². The first-order valence-electron chi connectivity index (χ1n) is 13.6. The van der Waals surface area contributed by atoms with Crippen LogP contribution in [0.25, 0.3) is 0 Å². The average Bonchev–Trinajstić information content (AvgIpc) is 3.24. The van der Waals surface area contributed by atoms with E-state index in [0.29, 0.717) is 19.3 Å². The van der Waals surface area contributed by atoms with Gasteiger partial charge in [-0.15, -0.1) is 0 Å². The first-order valence-corrected chi connectivity index (χ1v) is 13.6. The molecule has 0 aromatic carbocycles. The van der Waals surface area contributed by atoms with Crippen molar-refractivity contribution in [3.05, 3.63) is 42.5 Å². The van der Waals surface area contributed by atoms with E-state index in [0.717, 1.165) is 37.8 Å². The number of carbonyl (C=O) groups excluding carboxylic acids is 2. The summed E-state index contributed by atoms with van der Waals surface area (Å²) in [6.45, 7) is 4.14. The Morgan fingerprint density at radius 1 is 1.00 bits per heavy atom. The van der Waals surface area contributed by atoms with Crippen LogP contribution in [0.5, 0.6) is 0 Å². The number of carboxylic acid groups (broad SMARTS) is 1. The first-order chi connectivity index (χ1) is 17.0. The normalized spacial score (nSPS) is 13.1. The van der Waals surface area contributed by atoms with Crippen LogP contribution >= 0.6 is 0 Å². The van der Waals surface area contributed by atoms with E-state index in [1.165, 1.54) is 38.5 Å². The number of aryl methyl sites for hydroxylation is 1. The maximum absolute atomic E-state index is 12.2. The van der Waals surface area contributed by atoms with Gasteiger partial charge in [-0.1, -0.05) is 70.3 Å². The van der Waals surface area contributed by atoms with E-state index in [4.69, 9.17) is 4.74 Å². The summed E-state index contributed by atoms with van der Waals surface area (Å²) < 4.78 is 7.33. The minimum Gasteiger partial charge on any atom is -0.550 e. The molecule has 0 unspecified atom stereocenters. The van der Waals surface area contributed by atoms with Crippen molar-refractivity contribution in [2.75, 3.05) is 6.61 Å². The molecule has 0 aliphatic rings. The number of esters is 1. The molecule has 7 heteroatoms. The monoisotopic (exact) mass is 510 g/mol. The molecule has 0 saturated carbocycles. The Morgan fingerprint density at radius 3 is 2.22 bits per heavy atom. The van der Waals surface area contributed by atoms with Crippen LogP contribution in [0.4, 0.5) is 0 Å². The molecular formula is C29H47N2NaO4. The van der Waals surface area contributed by atoms with Crippen LogP contribution in [-0.2, 0) is 27.8 Å². The summed E-state index contributed by atoms with van der Waals surface area (Å²) in [7, 11) is 1.87. The van der Waals surface area contributed by atoms with Crippen LogP contribution in [0.15, 0.2) is 36.8 Å². The number of hydrogen-bond donors (Lipinski definition) is 0. The number of allylic oxidation sites excluding steroid dienone is 4. The van der Waals surface area contributed by atoms with E-state index < -0.39 is 11.9 Å². The second-order valence-electron chi connectivity index (χ2n) is 9.46. The maximum atomic E-state index is 12.2. The molecule has 6 nitrogen and oxygen atoms in total. The quantitative estimate of drug-likeness (QED) is 0.110. The van der Waals surface area contributed by atoms with Gasteiger partial charge in [0.15, 0.2) is 0 Å². The maximum Gasteiger partial charge on any atom is 1.00 e. The van der Waals surface area contributed by atoms with E-state index in [9.17, 15) is 14.7 Å². The van der Waals surface area contributed by atoms with Gasteiger partial charge in [-0.25, -0.2) is 4.98 Å². The molecular weight excluding hydrogens is 463 g/mol. The SMILES string of the molecule is CCCCC/C=C\C/C=C\CCCCCCCC(=O)OC[C@H](Cc1cncn1C)[C@H](CC)C(=O)[O-].[Na+]. The third-order valence-electron chi connectivity index (χ3n) is 6.49. The first kappa shape index (κ1) is 34.6. The number of carboxylic acids is 1. The minimum absolute atomic E-state index is 0. The van der Waals surface area contributed by atoms with E-state index in [1.54, 1.807) is 12.5 Å². The molecule has 0 N–H and O–H groups in total. The molecule has 1 heterocycles. The molecule has 0 amide bonds. The predicted octanol–water partition coefficient (Wildman–Crippen LogP) is 2.72. The number of aliphatic carboxylic acids is 1. The average molecular weight is 511 g/mol. The fourth-order valence-electron chi connectivity index (χ4n) is 4.21. The van der Waals surface area contributed by atoms with Crippen molar-refractivity contribution < 1.29 is 49.0 Å². The molecule has 2 atom stereocenters. The topological polar surface area (TPSA) is 84.2 Å². The summed E-state index contributed by atoms with van der Waals surface area (Å²) in [6, 6.07) is 0. The summed E-state index contributed by atoms with van der Waals surface area (Å²) in [5.41, 5.74) is 0.916. The van der Waals surface area contributed by atoms with E-state index in [-0.39, 0.29) is 48.1 Å². The van der Waals surface area contributed by atoms with Gasteiger partial charge in [0.05, 0.1) is 12.9 Å². The summed E-state index contributed by atoms with van der Waals surface area (Å²) in [5.74, 6) is -2.33. The Labute approximate surface area is 241 Å². The number of imidazole rings is 1. The molecule has 0 aliphatic carbocycles. The summed E-state index contributed by atoms with van der Waals surface area (Å²) >= 11 is 0. The molecule has 0 radical (unpaired) electrons. The van der Waals surface area contributed by atoms with Gasteiger partial charge in [-0.3, -0.25) is 4.79 Å². The van der Waals surface area contributed by atoms with Gasteiger partial charge >= 0.3 is 35.5 Å². The minimum atomic E-state index is -1.09. The van der Waals surface area contributed by atoms with Crippen molar-refractivity contribution in [1.29, 1.82) is 0 Å². The predicted molar refractivity (Wildman–Crippen MR) is 140 cm³/mol. The second-order valence-corrected chi connectivity index (χ2v) is 9.46. The third-order valence-corrected chi connectivity index (χ3v) is 6.49. The number of ether oxygens (including phenoxy) is 1. The zero-order valence-electron chi connectivity index (χ0n) is 23.3. The fraction of sp³-hybridized carbons (Fsp3) is 0.690. The van der Waals surface area contributed by atoms with Gasteiger partial charge < -0.3 is 19.2 Å². The smallest absolute Gasteiger partial charge is 0.550 e. The summed E-state index contributed by atoms with van der Waals surface area (Å²) in [5, 5.41) is 11.6. The largest absolute Gasteiger partial charge is 1.00 e. The van der Waals surface area contributed by atoms with Gasteiger partial charge in [-0.2, -0.15) is 0 Å². The van der Waals surface area contributed by atoms with Crippen LogP contribution in [-0.4, -0.2) is 28.1 Å². The number of hydrogen-bond acceptors (Lipinski definition) is 5.